The van der Waals surface area contributed by atoms with Gasteiger partial charge in [-0.15, -0.1) is 0 Å². The van der Waals surface area contributed by atoms with Crippen molar-refractivity contribution >= 4 is 11.0 Å². The van der Waals surface area contributed by atoms with Crippen LogP contribution >= 0.6 is 0 Å². The lowest BCUT2D eigenvalue weighted by atomic mass is 9.99. The lowest BCUT2D eigenvalue weighted by Crippen LogP contribution is -2.57. The van der Waals surface area contributed by atoms with Crippen molar-refractivity contribution in [2.45, 2.75) is 19.1 Å². The zero-order valence-electron chi connectivity index (χ0n) is 11.5. The molecule has 0 saturated carbocycles. The van der Waals surface area contributed by atoms with Crippen LogP contribution in [0.15, 0.2) is 16.8 Å². The SMILES string of the molecule is Cc1c(C2CN3CCNCC3CO2)ccc2nonc12. The van der Waals surface area contributed by atoms with Gasteiger partial charge in [0.05, 0.1) is 12.7 Å². The third-order valence-corrected chi connectivity index (χ3v) is 4.43. The van der Waals surface area contributed by atoms with Gasteiger partial charge in [-0.05, 0) is 34.4 Å². The third kappa shape index (κ3) is 1.91. The lowest BCUT2D eigenvalue weighted by molar-refractivity contribution is -0.0719. The van der Waals surface area contributed by atoms with Crippen LogP contribution in [0.5, 0.6) is 0 Å². The van der Waals surface area contributed by atoms with Crippen LogP contribution in [0.4, 0.5) is 0 Å². The number of piperazine rings is 1. The zero-order valence-corrected chi connectivity index (χ0v) is 11.5. The Morgan fingerprint density at radius 2 is 2.30 bits per heavy atom. The van der Waals surface area contributed by atoms with Gasteiger partial charge in [0, 0.05) is 32.2 Å². The Hall–Kier alpha value is -1.50. The Bertz CT molecular complexity index is 627. The fourth-order valence-corrected chi connectivity index (χ4v) is 3.23. The first-order chi connectivity index (χ1) is 9.83. The van der Waals surface area contributed by atoms with Gasteiger partial charge in [-0.2, -0.15) is 0 Å². The maximum Gasteiger partial charge on any atom is 0.138 e. The molecule has 6 nitrogen and oxygen atoms in total. The maximum absolute atomic E-state index is 6.08. The van der Waals surface area contributed by atoms with Crippen LogP contribution in [0.1, 0.15) is 17.2 Å². The van der Waals surface area contributed by atoms with Crippen molar-refractivity contribution in [3.8, 4) is 0 Å². The Morgan fingerprint density at radius 1 is 1.35 bits per heavy atom. The second kappa shape index (κ2) is 4.80. The fourth-order valence-electron chi connectivity index (χ4n) is 3.23. The molecule has 20 heavy (non-hydrogen) atoms. The van der Waals surface area contributed by atoms with Crippen molar-refractivity contribution in [3.63, 3.8) is 0 Å². The Kier molecular flexibility index (Phi) is 2.94. The number of hydrogen-bond acceptors (Lipinski definition) is 6. The highest BCUT2D eigenvalue weighted by molar-refractivity contribution is 5.78. The van der Waals surface area contributed by atoms with E-state index in [0.29, 0.717) is 6.04 Å². The molecule has 0 aliphatic carbocycles. The molecule has 1 aromatic heterocycles. The number of aryl methyl sites for hydroxylation is 1. The van der Waals surface area contributed by atoms with Crippen LogP contribution in [-0.2, 0) is 4.74 Å². The Labute approximate surface area is 117 Å². The molecule has 1 aromatic carbocycles. The molecule has 2 aliphatic rings. The third-order valence-electron chi connectivity index (χ3n) is 4.43. The van der Waals surface area contributed by atoms with Crippen LogP contribution in [0.25, 0.3) is 11.0 Å². The minimum absolute atomic E-state index is 0.116. The second-order valence-corrected chi connectivity index (χ2v) is 5.59. The van der Waals surface area contributed by atoms with E-state index in [1.54, 1.807) is 0 Å². The number of rotatable bonds is 1. The lowest BCUT2D eigenvalue weighted by Gasteiger charge is -2.43. The quantitative estimate of drug-likeness (QED) is 0.833. The van der Waals surface area contributed by atoms with Crippen molar-refractivity contribution in [1.29, 1.82) is 0 Å². The summed E-state index contributed by atoms with van der Waals surface area (Å²) in [4.78, 5) is 2.52. The summed E-state index contributed by atoms with van der Waals surface area (Å²) in [6.45, 7) is 6.98. The highest BCUT2D eigenvalue weighted by Crippen LogP contribution is 2.30. The molecule has 2 unspecified atom stereocenters. The topological polar surface area (TPSA) is 63.4 Å². The van der Waals surface area contributed by atoms with E-state index in [9.17, 15) is 0 Å². The van der Waals surface area contributed by atoms with Crippen LogP contribution in [0, 0.1) is 6.92 Å². The molecule has 4 rings (SSSR count). The molecular weight excluding hydrogens is 256 g/mol. The number of nitrogens with zero attached hydrogens (tertiary/aromatic N) is 3. The molecule has 0 spiro atoms. The van der Waals surface area contributed by atoms with E-state index in [4.69, 9.17) is 9.37 Å². The van der Waals surface area contributed by atoms with Gasteiger partial charge in [0.1, 0.15) is 11.0 Å². The van der Waals surface area contributed by atoms with Gasteiger partial charge in [-0.1, -0.05) is 6.07 Å². The van der Waals surface area contributed by atoms with Crippen molar-refractivity contribution < 1.29 is 9.37 Å². The van der Waals surface area contributed by atoms with Gasteiger partial charge in [0.15, 0.2) is 0 Å². The molecule has 0 radical (unpaired) electrons. The van der Waals surface area contributed by atoms with Crippen molar-refractivity contribution in [2.75, 3.05) is 32.8 Å². The number of morpholine rings is 1. The summed E-state index contributed by atoms with van der Waals surface area (Å²) >= 11 is 0. The fraction of sp³-hybridized carbons (Fsp3) is 0.571. The van der Waals surface area contributed by atoms with Crippen molar-refractivity contribution in [3.05, 3.63) is 23.3 Å². The number of aromatic nitrogens is 2. The van der Waals surface area contributed by atoms with Crippen molar-refractivity contribution in [1.82, 2.24) is 20.5 Å². The minimum atomic E-state index is 0.116. The molecule has 1 N–H and O–H groups in total. The first kappa shape index (κ1) is 12.3. The highest BCUT2D eigenvalue weighted by atomic mass is 16.6. The molecule has 106 valence electrons. The normalized spacial score (nSPS) is 27.6. The molecule has 3 heterocycles. The number of fused-ring (bicyclic) bond motifs is 2. The molecule has 2 aromatic rings. The van der Waals surface area contributed by atoms with Gasteiger partial charge < -0.3 is 10.1 Å². The van der Waals surface area contributed by atoms with E-state index in [1.165, 1.54) is 5.56 Å². The van der Waals surface area contributed by atoms with Gasteiger partial charge in [-0.25, -0.2) is 4.63 Å². The van der Waals surface area contributed by atoms with E-state index >= 15 is 0 Å². The smallest absolute Gasteiger partial charge is 0.138 e. The average molecular weight is 274 g/mol. The van der Waals surface area contributed by atoms with E-state index in [1.807, 2.05) is 6.07 Å². The summed E-state index contributed by atoms with van der Waals surface area (Å²) in [7, 11) is 0. The molecule has 2 fully saturated rings. The standard InChI is InChI=1S/C14H18N4O2/c1-9-11(2-3-12-14(9)17-20-16-12)13-7-18-5-4-15-6-10(18)8-19-13/h2-3,10,13,15H,4-8H2,1H3. The van der Waals surface area contributed by atoms with Gasteiger partial charge in [0.2, 0.25) is 0 Å². The number of nitrogens with one attached hydrogen (secondary N) is 1. The van der Waals surface area contributed by atoms with Gasteiger partial charge in [0.25, 0.3) is 0 Å². The number of ether oxygens (including phenoxy) is 1. The van der Waals surface area contributed by atoms with Crippen LogP contribution in [0.3, 0.4) is 0 Å². The zero-order chi connectivity index (χ0) is 13.5. The van der Waals surface area contributed by atoms with E-state index in [2.05, 4.69) is 33.5 Å². The largest absolute Gasteiger partial charge is 0.370 e. The number of benzene rings is 1. The number of hydrogen-bond donors (Lipinski definition) is 1. The Morgan fingerprint density at radius 3 is 3.25 bits per heavy atom. The summed E-state index contributed by atoms with van der Waals surface area (Å²) in [5.41, 5.74) is 3.96. The molecule has 2 atom stereocenters. The van der Waals surface area contributed by atoms with Crippen LogP contribution in [-0.4, -0.2) is 54.0 Å². The summed E-state index contributed by atoms with van der Waals surface area (Å²) in [6, 6.07) is 4.56. The summed E-state index contributed by atoms with van der Waals surface area (Å²) in [5.74, 6) is 0. The monoisotopic (exact) mass is 274 g/mol. The van der Waals surface area contributed by atoms with Gasteiger partial charge in [-0.3, -0.25) is 4.90 Å². The molecule has 0 amide bonds. The van der Waals surface area contributed by atoms with Crippen molar-refractivity contribution in [2.24, 2.45) is 0 Å². The summed E-state index contributed by atoms with van der Waals surface area (Å²) in [5, 5.41) is 11.3. The average Bonchev–Trinajstić information content (AvgIpc) is 2.97. The molecule has 0 bridgehead atoms. The molecule has 2 aliphatic heterocycles. The summed E-state index contributed by atoms with van der Waals surface area (Å²) < 4.78 is 10.9. The van der Waals surface area contributed by atoms with E-state index < -0.39 is 0 Å². The van der Waals surface area contributed by atoms with E-state index in [0.717, 1.165) is 49.4 Å². The summed E-state index contributed by atoms with van der Waals surface area (Å²) in [6.07, 6.45) is 0.116. The van der Waals surface area contributed by atoms with E-state index in [-0.39, 0.29) is 6.10 Å². The van der Waals surface area contributed by atoms with Gasteiger partial charge >= 0.3 is 0 Å². The molecular formula is C14H18N4O2. The van der Waals surface area contributed by atoms with Crippen LogP contribution in [0.2, 0.25) is 0 Å². The first-order valence-electron chi connectivity index (χ1n) is 7.11. The molecule has 6 heteroatoms. The second-order valence-electron chi connectivity index (χ2n) is 5.59. The van der Waals surface area contributed by atoms with Crippen LogP contribution < -0.4 is 5.32 Å². The maximum atomic E-state index is 6.08. The Balaban J connectivity index is 1.64. The predicted molar refractivity (Wildman–Crippen MR) is 73.5 cm³/mol. The predicted octanol–water partition coefficient (Wildman–Crippen LogP) is 0.876. The highest BCUT2D eigenvalue weighted by Gasteiger charge is 2.32. The molecule has 2 saturated heterocycles. The first-order valence-corrected chi connectivity index (χ1v) is 7.11. The minimum Gasteiger partial charge on any atom is -0.370 e.